The Morgan fingerprint density at radius 2 is 1.78 bits per heavy atom. The predicted octanol–water partition coefficient (Wildman–Crippen LogP) is 4.22. The van der Waals surface area contributed by atoms with Gasteiger partial charge in [-0.15, -0.1) is 0 Å². The minimum Gasteiger partial charge on any atom is -0.367 e. The van der Waals surface area contributed by atoms with Crippen LogP contribution < -0.4 is 9.80 Å². The van der Waals surface area contributed by atoms with E-state index < -0.39 is 11.6 Å². The quantitative estimate of drug-likeness (QED) is 0.418. The lowest BCUT2D eigenvalue weighted by molar-refractivity contribution is 0.0740. The van der Waals surface area contributed by atoms with Crippen LogP contribution in [0, 0.1) is 11.6 Å². The van der Waals surface area contributed by atoms with E-state index in [-0.39, 0.29) is 23.7 Å². The van der Waals surface area contributed by atoms with Gasteiger partial charge < -0.3 is 14.7 Å². The van der Waals surface area contributed by atoms with Gasteiger partial charge in [0.15, 0.2) is 5.82 Å². The first-order valence-electron chi connectivity index (χ1n) is 12.5. The summed E-state index contributed by atoms with van der Waals surface area (Å²) in [6, 6.07) is 13.5. The fraction of sp³-hybridized carbons (Fsp3) is 0.286. The number of benzene rings is 2. The van der Waals surface area contributed by atoms with Crippen molar-refractivity contribution in [1.29, 1.82) is 0 Å². The normalized spacial score (nSPS) is 15.7. The Morgan fingerprint density at radius 3 is 2.65 bits per heavy atom. The maximum atomic E-state index is 14.3. The van der Waals surface area contributed by atoms with Crippen LogP contribution in [0.25, 0.3) is 10.9 Å². The number of rotatable bonds is 4. The van der Waals surface area contributed by atoms with Crippen LogP contribution in [0.4, 0.5) is 20.3 Å². The predicted molar refractivity (Wildman–Crippen MR) is 138 cm³/mol. The van der Waals surface area contributed by atoms with Gasteiger partial charge in [-0.1, -0.05) is 18.2 Å². The van der Waals surface area contributed by atoms with Gasteiger partial charge in [-0.2, -0.15) is 0 Å². The molecule has 37 heavy (non-hydrogen) atoms. The van der Waals surface area contributed by atoms with Crippen molar-refractivity contribution in [2.75, 3.05) is 42.5 Å². The van der Waals surface area contributed by atoms with Gasteiger partial charge in [-0.05, 0) is 43.2 Å². The molecule has 0 bridgehead atoms. The Hall–Kier alpha value is -4.14. The molecule has 0 N–H and O–H groups in total. The maximum absolute atomic E-state index is 14.3. The highest BCUT2D eigenvalue weighted by Gasteiger charge is 2.27. The number of piperazine rings is 1. The summed E-state index contributed by atoms with van der Waals surface area (Å²) in [5.74, 6) is -0.546. The number of fused-ring (bicyclic) bond motifs is 2. The number of pyridine rings is 1. The smallest absolute Gasteiger partial charge is 0.274 e. The molecule has 7 nitrogen and oxygen atoms in total. The minimum absolute atomic E-state index is 0.168. The van der Waals surface area contributed by atoms with E-state index in [1.807, 2.05) is 35.4 Å². The van der Waals surface area contributed by atoms with Crippen molar-refractivity contribution in [1.82, 2.24) is 19.9 Å². The fourth-order valence-electron chi connectivity index (χ4n) is 5.17. The monoisotopic (exact) mass is 500 g/mol. The SMILES string of the molecule is O=C(c1cnc2c(n1)N(Cc1cc(F)ccc1F)CCC2)N1CCN(c2ccnc3ccccc23)CC1. The van der Waals surface area contributed by atoms with Gasteiger partial charge in [-0.25, -0.2) is 13.8 Å². The van der Waals surface area contributed by atoms with Crippen molar-refractivity contribution in [2.45, 2.75) is 19.4 Å². The van der Waals surface area contributed by atoms with Gasteiger partial charge >= 0.3 is 0 Å². The van der Waals surface area contributed by atoms with Crippen LogP contribution in [0.1, 0.15) is 28.2 Å². The molecular formula is C28H26F2N6O. The molecule has 2 aliphatic heterocycles. The van der Waals surface area contributed by atoms with Crippen LogP contribution in [0.2, 0.25) is 0 Å². The number of anilines is 2. The Kier molecular flexibility index (Phi) is 6.12. The average Bonchev–Trinajstić information content (AvgIpc) is 2.94. The highest BCUT2D eigenvalue weighted by Crippen LogP contribution is 2.28. The van der Waals surface area contributed by atoms with Crippen molar-refractivity contribution in [3.8, 4) is 0 Å². The zero-order chi connectivity index (χ0) is 25.4. The fourth-order valence-corrected chi connectivity index (χ4v) is 5.17. The molecule has 0 unspecified atom stereocenters. The number of para-hydroxylation sites is 1. The second-order valence-electron chi connectivity index (χ2n) is 9.41. The summed E-state index contributed by atoms with van der Waals surface area (Å²) in [6.45, 7) is 3.32. The van der Waals surface area contributed by atoms with E-state index in [1.54, 1.807) is 4.90 Å². The van der Waals surface area contributed by atoms with Crippen LogP contribution in [0.5, 0.6) is 0 Å². The van der Waals surface area contributed by atoms with Crippen LogP contribution >= 0.6 is 0 Å². The summed E-state index contributed by atoms with van der Waals surface area (Å²) in [7, 11) is 0. The lowest BCUT2D eigenvalue weighted by atomic mass is 10.1. The maximum Gasteiger partial charge on any atom is 0.274 e. The molecule has 6 rings (SSSR count). The Bertz CT molecular complexity index is 1470. The van der Waals surface area contributed by atoms with Crippen LogP contribution in [0.15, 0.2) is 60.9 Å². The van der Waals surface area contributed by atoms with Gasteiger partial charge in [0.1, 0.15) is 17.3 Å². The van der Waals surface area contributed by atoms with Gasteiger partial charge in [0.25, 0.3) is 5.91 Å². The molecule has 9 heteroatoms. The summed E-state index contributed by atoms with van der Waals surface area (Å²) < 4.78 is 28.0. The van der Waals surface area contributed by atoms with Crippen LogP contribution in [-0.4, -0.2) is 58.5 Å². The molecule has 2 aromatic carbocycles. The summed E-state index contributed by atoms with van der Waals surface area (Å²) in [6.07, 6.45) is 4.92. The number of hydrogen-bond acceptors (Lipinski definition) is 6. The molecule has 0 spiro atoms. The lowest BCUT2D eigenvalue weighted by Gasteiger charge is -2.36. The molecule has 1 saturated heterocycles. The van der Waals surface area contributed by atoms with Gasteiger partial charge in [0.2, 0.25) is 0 Å². The molecule has 0 aliphatic carbocycles. The van der Waals surface area contributed by atoms with Crippen molar-refractivity contribution < 1.29 is 13.6 Å². The summed E-state index contributed by atoms with van der Waals surface area (Å²) >= 11 is 0. The highest BCUT2D eigenvalue weighted by molar-refractivity contribution is 5.93. The number of aryl methyl sites for hydroxylation is 1. The van der Waals surface area contributed by atoms with E-state index in [0.717, 1.165) is 47.3 Å². The van der Waals surface area contributed by atoms with Gasteiger partial charge in [-0.3, -0.25) is 14.8 Å². The average molecular weight is 501 g/mol. The number of hydrogen-bond donors (Lipinski definition) is 0. The Morgan fingerprint density at radius 1 is 0.946 bits per heavy atom. The zero-order valence-electron chi connectivity index (χ0n) is 20.3. The molecule has 4 heterocycles. The molecular weight excluding hydrogens is 474 g/mol. The summed E-state index contributed by atoms with van der Waals surface area (Å²) in [5, 5.41) is 1.10. The van der Waals surface area contributed by atoms with Crippen LogP contribution in [-0.2, 0) is 13.0 Å². The second-order valence-corrected chi connectivity index (χ2v) is 9.41. The number of carbonyl (C=O) groups is 1. The molecule has 1 amide bonds. The van der Waals surface area contributed by atoms with Crippen molar-refractivity contribution in [3.05, 3.63) is 89.5 Å². The first-order chi connectivity index (χ1) is 18.1. The number of aromatic nitrogens is 3. The van der Waals surface area contributed by atoms with E-state index in [2.05, 4.69) is 25.9 Å². The molecule has 0 saturated carbocycles. The molecule has 0 radical (unpaired) electrons. The third-order valence-electron chi connectivity index (χ3n) is 7.09. The van der Waals surface area contributed by atoms with Crippen molar-refractivity contribution >= 4 is 28.3 Å². The molecule has 2 aromatic heterocycles. The van der Waals surface area contributed by atoms with E-state index in [9.17, 15) is 13.6 Å². The molecule has 0 atom stereocenters. The van der Waals surface area contributed by atoms with Crippen molar-refractivity contribution in [2.24, 2.45) is 0 Å². The molecule has 2 aliphatic rings. The van der Waals surface area contributed by atoms with Crippen LogP contribution in [0.3, 0.4) is 0 Å². The summed E-state index contributed by atoms with van der Waals surface area (Å²) in [4.78, 5) is 33.0. The molecule has 4 aromatic rings. The highest BCUT2D eigenvalue weighted by atomic mass is 19.1. The number of carbonyl (C=O) groups excluding carboxylic acids is 1. The second kappa shape index (κ2) is 9.72. The first kappa shape index (κ1) is 23.3. The zero-order valence-corrected chi connectivity index (χ0v) is 20.3. The number of halogens is 2. The molecule has 1 fully saturated rings. The van der Waals surface area contributed by atoms with E-state index in [4.69, 9.17) is 0 Å². The minimum atomic E-state index is -0.484. The topological polar surface area (TPSA) is 65.5 Å². The summed E-state index contributed by atoms with van der Waals surface area (Å²) in [5.41, 5.74) is 3.37. The first-order valence-corrected chi connectivity index (χ1v) is 12.5. The van der Waals surface area contributed by atoms with Gasteiger partial charge in [0, 0.05) is 62.1 Å². The van der Waals surface area contributed by atoms with Crippen molar-refractivity contribution in [3.63, 3.8) is 0 Å². The Balaban J connectivity index is 1.18. The Labute approximate surface area is 213 Å². The third-order valence-corrected chi connectivity index (χ3v) is 7.09. The van der Waals surface area contributed by atoms with Gasteiger partial charge in [0.05, 0.1) is 17.4 Å². The number of amides is 1. The number of nitrogens with zero attached hydrogens (tertiary/aromatic N) is 6. The standard InChI is InChI=1S/C28H26F2N6O/c29-20-7-8-22(30)19(16-20)18-36-11-3-6-24-27(36)33-25(17-32-24)28(37)35-14-12-34(13-15-35)26-9-10-31-23-5-2-1-4-21(23)26/h1-2,4-5,7-10,16-17H,3,6,11-15,18H2. The molecule has 188 valence electrons. The lowest BCUT2D eigenvalue weighted by Crippen LogP contribution is -2.49. The third kappa shape index (κ3) is 4.57. The van der Waals surface area contributed by atoms with E-state index in [1.165, 1.54) is 12.3 Å². The largest absolute Gasteiger partial charge is 0.367 e. The van der Waals surface area contributed by atoms with E-state index >= 15 is 0 Å². The van der Waals surface area contributed by atoms with E-state index in [0.29, 0.717) is 38.5 Å².